The topological polar surface area (TPSA) is 64.7 Å². The van der Waals surface area contributed by atoms with Crippen LogP contribution in [0.1, 0.15) is 25.3 Å². The van der Waals surface area contributed by atoms with Crippen molar-refractivity contribution in [2.45, 2.75) is 26.2 Å². The Morgan fingerprint density at radius 1 is 1.05 bits per heavy atom. The fraction of sp³-hybridized carbons (Fsp3) is 0.235. The van der Waals surface area contributed by atoms with Crippen molar-refractivity contribution >= 4 is 16.6 Å². The van der Waals surface area contributed by atoms with Gasteiger partial charge in [-0.1, -0.05) is 13.3 Å². The zero-order valence-corrected chi connectivity index (χ0v) is 12.1. The summed E-state index contributed by atoms with van der Waals surface area (Å²) in [4.78, 5) is 13.0. The van der Waals surface area contributed by atoms with Crippen molar-refractivity contribution in [2.75, 3.05) is 5.73 Å². The quantitative estimate of drug-likeness (QED) is 0.791. The van der Waals surface area contributed by atoms with Gasteiger partial charge in [-0.3, -0.25) is 9.97 Å². The maximum atomic E-state index is 6.41. The number of anilines is 1. The third kappa shape index (κ3) is 2.57. The van der Waals surface area contributed by atoms with E-state index in [1.807, 2.05) is 18.2 Å². The number of nitrogens with zero attached hydrogens (tertiary/aromatic N) is 3. The van der Waals surface area contributed by atoms with E-state index >= 15 is 0 Å². The highest BCUT2D eigenvalue weighted by atomic mass is 14.8. The Balaban J connectivity index is 2.25. The van der Waals surface area contributed by atoms with Crippen molar-refractivity contribution in [2.24, 2.45) is 0 Å². The summed E-state index contributed by atoms with van der Waals surface area (Å²) in [6.07, 6.45) is 10.2. The molecule has 0 saturated heterocycles. The Labute approximate surface area is 124 Å². The van der Waals surface area contributed by atoms with Crippen molar-refractivity contribution in [1.82, 2.24) is 15.0 Å². The Kier molecular flexibility index (Phi) is 3.77. The van der Waals surface area contributed by atoms with Crippen LogP contribution in [-0.4, -0.2) is 15.0 Å². The summed E-state index contributed by atoms with van der Waals surface area (Å²) >= 11 is 0. The first-order valence-electron chi connectivity index (χ1n) is 7.23. The summed E-state index contributed by atoms with van der Waals surface area (Å²) in [5.41, 5.74) is 11.2. The smallest absolute Gasteiger partial charge is 0.0913 e. The molecule has 21 heavy (non-hydrogen) atoms. The van der Waals surface area contributed by atoms with Crippen molar-refractivity contribution in [3.63, 3.8) is 0 Å². The second-order valence-corrected chi connectivity index (χ2v) is 5.08. The summed E-state index contributed by atoms with van der Waals surface area (Å²) in [5.74, 6) is 0. The molecular weight excluding hydrogens is 260 g/mol. The van der Waals surface area contributed by atoms with E-state index in [1.54, 1.807) is 24.8 Å². The third-order valence-corrected chi connectivity index (χ3v) is 3.67. The number of rotatable bonds is 4. The summed E-state index contributed by atoms with van der Waals surface area (Å²) < 4.78 is 0. The molecule has 4 heteroatoms. The summed E-state index contributed by atoms with van der Waals surface area (Å²) in [5, 5.41) is 0.980. The van der Waals surface area contributed by atoms with Crippen LogP contribution < -0.4 is 5.73 Å². The van der Waals surface area contributed by atoms with Gasteiger partial charge in [-0.2, -0.15) is 0 Å². The number of fused-ring (bicyclic) bond motifs is 1. The number of nitrogens with two attached hydrogens (primary N) is 1. The molecule has 0 aromatic carbocycles. The number of pyridine rings is 3. The molecule has 0 amide bonds. The molecule has 3 heterocycles. The highest BCUT2D eigenvalue weighted by molar-refractivity contribution is 5.94. The molecular formula is C17H18N4. The average Bonchev–Trinajstić information content (AvgIpc) is 2.55. The van der Waals surface area contributed by atoms with Crippen LogP contribution >= 0.6 is 0 Å². The fourth-order valence-electron chi connectivity index (χ4n) is 2.54. The van der Waals surface area contributed by atoms with Gasteiger partial charge in [0.1, 0.15) is 0 Å². The van der Waals surface area contributed by atoms with E-state index in [0.29, 0.717) is 0 Å². The van der Waals surface area contributed by atoms with Gasteiger partial charge in [0.2, 0.25) is 0 Å². The van der Waals surface area contributed by atoms with Gasteiger partial charge >= 0.3 is 0 Å². The zero-order valence-electron chi connectivity index (χ0n) is 12.1. The molecule has 0 atom stereocenters. The first kappa shape index (κ1) is 13.5. The molecule has 3 rings (SSSR count). The Morgan fingerprint density at radius 3 is 2.57 bits per heavy atom. The lowest BCUT2D eigenvalue weighted by Crippen LogP contribution is -2.02. The molecule has 3 aromatic rings. The molecule has 0 aliphatic heterocycles. The van der Waals surface area contributed by atoms with Gasteiger partial charge in [-0.05, 0) is 31.0 Å². The first-order chi connectivity index (χ1) is 10.3. The zero-order chi connectivity index (χ0) is 14.7. The van der Waals surface area contributed by atoms with Gasteiger partial charge in [-0.25, -0.2) is 4.98 Å². The monoisotopic (exact) mass is 278 g/mol. The Bertz CT molecular complexity index is 753. The SMILES string of the molecule is CCCCc1c(-c2ccncc2)nc2cnccc2c1N. The van der Waals surface area contributed by atoms with E-state index in [9.17, 15) is 0 Å². The van der Waals surface area contributed by atoms with Crippen LogP contribution in [-0.2, 0) is 6.42 Å². The largest absolute Gasteiger partial charge is 0.398 e. The standard InChI is InChI=1S/C17H18N4/c1-2-3-4-14-16(18)13-7-10-20-11-15(13)21-17(14)12-5-8-19-9-6-12/h5-11H,2-4H2,1H3,(H2,18,21). The lowest BCUT2D eigenvalue weighted by Gasteiger charge is -2.14. The molecule has 0 aliphatic carbocycles. The summed E-state index contributed by atoms with van der Waals surface area (Å²) in [6.45, 7) is 2.18. The van der Waals surface area contributed by atoms with Crippen LogP contribution in [0, 0.1) is 0 Å². The molecule has 0 saturated carbocycles. The van der Waals surface area contributed by atoms with Gasteiger partial charge in [-0.15, -0.1) is 0 Å². The Morgan fingerprint density at radius 2 is 1.81 bits per heavy atom. The minimum Gasteiger partial charge on any atom is -0.398 e. The van der Waals surface area contributed by atoms with Crippen molar-refractivity contribution < 1.29 is 0 Å². The molecule has 0 fully saturated rings. The maximum Gasteiger partial charge on any atom is 0.0913 e. The molecule has 0 spiro atoms. The van der Waals surface area contributed by atoms with Crippen molar-refractivity contribution in [3.05, 3.63) is 48.5 Å². The summed E-state index contributed by atoms with van der Waals surface area (Å²) in [6, 6.07) is 5.88. The highest BCUT2D eigenvalue weighted by Gasteiger charge is 2.14. The summed E-state index contributed by atoms with van der Waals surface area (Å²) in [7, 11) is 0. The predicted octanol–water partition coefficient (Wildman–Crippen LogP) is 3.62. The van der Waals surface area contributed by atoms with E-state index in [2.05, 4.69) is 16.9 Å². The fourth-order valence-corrected chi connectivity index (χ4v) is 2.54. The van der Waals surface area contributed by atoms with Crippen LogP contribution in [0.4, 0.5) is 5.69 Å². The van der Waals surface area contributed by atoms with Crippen molar-refractivity contribution in [1.29, 1.82) is 0 Å². The van der Waals surface area contributed by atoms with Crippen LogP contribution in [0.2, 0.25) is 0 Å². The lowest BCUT2D eigenvalue weighted by molar-refractivity contribution is 0.796. The van der Waals surface area contributed by atoms with Gasteiger partial charge < -0.3 is 5.73 Å². The molecule has 0 radical (unpaired) electrons. The molecule has 3 aromatic heterocycles. The minimum atomic E-state index is 0.822. The van der Waals surface area contributed by atoms with E-state index in [4.69, 9.17) is 10.7 Å². The maximum absolute atomic E-state index is 6.41. The van der Waals surface area contributed by atoms with Crippen LogP contribution in [0.25, 0.3) is 22.2 Å². The molecule has 4 nitrogen and oxygen atoms in total. The van der Waals surface area contributed by atoms with Crippen LogP contribution in [0.3, 0.4) is 0 Å². The normalized spacial score (nSPS) is 10.9. The lowest BCUT2D eigenvalue weighted by atomic mass is 9.98. The van der Waals surface area contributed by atoms with E-state index in [0.717, 1.165) is 52.7 Å². The molecule has 2 N–H and O–H groups in total. The number of hydrogen-bond donors (Lipinski definition) is 1. The van der Waals surface area contributed by atoms with Gasteiger partial charge in [0, 0.05) is 40.8 Å². The van der Waals surface area contributed by atoms with Gasteiger partial charge in [0.25, 0.3) is 0 Å². The number of aromatic nitrogens is 3. The second kappa shape index (κ2) is 5.87. The highest BCUT2D eigenvalue weighted by Crippen LogP contribution is 2.32. The van der Waals surface area contributed by atoms with E-state index in [-0.39, 0.29) is 0 Å². The minimum absolute atomic E-state index is 0.822. The van der Waals surface area contributed by atoms with E-state index in [1.165, 1.54) is 0 Å². The third-order valence-electron chi connectivity index (χ3n) is 3.67. The molecule has 0 aliphatic rings. The van der Waals surface area contributed by atoms with Crippen LogP contribution in [0.15, 0.2) is 43.0 Å². The molecule has 106 valence electrons. The predicted molar refractivity (Wildman–Crippen MR) is 85.8 cm³/mol. The first-order valence-corrected chi connectivity index (χ1v) is 7.23. The van der Waals surface area contributed by atoms with E-state index < -0.39 is 0 Å². The van der Waals surface area contributed by atoms with Gasteiger partial charge in [0.05, 0.1) is 17.4 Å². The second-order valence-electron chi connectivity index (χ2n) is 5.08. The number of nitrogen functional groups attached to an aromatic ring is 1. The number of unbranched alkanes of at least 4 members (excludes halogenated alkanes) is 1. The molecule has 0 unspecified atom stereocenters. The van der Waals surface area contributed by atoms with Crippen molar-refractivity contribution in [3.8, 4) is 11.3 Å². The molecule has 0 bridgehead atoms. The Hall–Kier alpha value is -2.49. The number of hydrogen-bond acceptors (Lipinski definition) is 4. The van der Waals surface area contributed by atoms with Crippen LogP contribution in [0.5, 0.6) is 0 Å². The average molecular weight is 278 g/mol. The van der Waals surface area contributed by atoms with Gasteiger partial charge in [0.15, 0.2) is 0 Å².